The third-order valence-electron chi connectivity index (χ3n) is 5.37. The van der Waals surface area contributed by atoms with E-state index >= 15 is 0 Å². The predicted octanol–water partition coefficient (Wildman–Crippen LogP) is 5.49. The van der Waals surface area contributed by atoms with Crippen molar-refractivity contribution in [1.29, 1.82) is 0 Å². The topological polar surface area (TPSA) is 100 Å². The minimum Gasteiger partial charge on any atom is -0.508 e. The van der Waals surface area contributed by atoms with Crippen LogP contribution in [-0.2, 0) is 0 Å². The molecule has 0 saturated heterocycles. The molecule has 6 heteroatoms. The fraction of sp³-hybridized carbons (Fsp3) is 0.240. The van der Waals surface area contributed by atoms with Crippen molar-refractivity contribution in [3.63, 3.8) is 0 Å². The summed E-state index contributed by atoms with van der Waals surface area (Å²) in [5.74, 6) is -0.0280. The zero-order chi connectivity index (χ0) is 22.3. The Bertz CT molecular complexity index is 1290. The number of fused-ring (bicyclic) bond motifs is 3. The van der Waals surface area contributed by atoms with Crippen molar-refractivity contribution in [3.8, 4) is 34.3 Å². The van der Waals surface area contributed by atoms with Crippen LogP contribution in [-0.4, -0.2) is 20.9 Å². The van der Waals surface area contributed by atoms with Gasteiger partial charge in [-0.1, -0.05) is 11.6 Å². The van der Waals surface area contributed by atoms with Gasteiger partial charge in [-0.25, -0.2) is 0 Å². The molecule has 2 aromatic carbocycles. The number of rotatable bonds is 4. The fourth-order valence-electron chi connectivity index (χ4n) is 3.74. The predicted molar refractivity (Wildman–Crippen MR) is 120 cm³/mol. The summed E-state index contributed by atoms with van der Waals surface area (Å²) in [6, 6.07) is 6.65. The summed E-state index contributed by atoms with van der Waals surface area (Å²) in [5.41, 5.74) is 1.19. The molecule has 0 radical (unpaired) electrons. The van der Waals surface area contributed by atoms with Crippen LogP contribution in [0.2, 0.25) is 0 Å². The van der Waals surface area contributed by atoms with E-state index in [0.717, 1.165) is 12.8 Å². The van der Waals surface area contributed by atoms with Gasteiger partial charge in [-0.15, -0.1) is 0 Å². The van der Waals surface area contributed by atoms with E-state index in [2.05, 4.69) is 6.08 Å². The zero-order valence-corrected chi connectivity index (χ0v) is 17.6. The number of ether oxygens (including phenoxy) is 1. The lowest BCUT2D eigenvalue weighted by molar-refractivity contribution is 0.128. The van der Waals surface area contributed by atoms with Crippen LogP contribution in [0.4, 0.5) is 0 Å². The Labute approximate surface area is 179 Å². The second-order valence-corrected chi connectivity index (χ2v) is 8.26. The van der Waals surface area contributed by atoms with E-state index < -0.39 is 11.0 Å². The molecule has 1 unspecified atom stereocenters. The standard InChI is InChI=1S/C25H24O6/c1-14(2)5-4-9-25(3)10-8-17-22(31-25)13-20(29)23-19(28)12-21(30-24(17)23)16-7-6-15(26)11-18(16)27/h5-8,10-13,26-27,29H,4,9H2,1-3H3. The molecule has 0 saturated carbocycles. The summed E-state index contributed by atoms with van der Waals surface area (Å²) < 4.78 is 12.2. The van der Waals surface area contributed by atoms with Crippen LogP contribution in [0.1, 0.15) is 39.2 Å². The highest BCUT2D eigenvalue weighted by Crippen LogP contribution is 2.42. The fourth-order valence-corrected chi connectivity index (χ4v) is 3.74. The number of hydrogen-bond acceptors (Lipinski definition) is 6. The van der Waals surface area contributed by atoms with Crippen molar-refractivity contribution in [3.05, 3.63) is 63.8 Å². The van der Waals surface area contributed by atoms with Crippen molar-refractivity contribution in [1.82, 2.24) is 0 Å². The van der Waals surface area contributed by atoms with E-state index in [1.807, 2.05) is 32.9 Å². The van der Waals surface area contributed by atoms with Crippen molar-refractivity contribution in [2.75, 3.05) is 0 Å². The smallest absolute Gasteiger partial charge is 0.197 e. The van der Waals surface area contributed by atoms with Gasteiger partial charge in [-0.05, 0) is 57.9 Å². The van der Waals surface area contributed by atoms with Crippen LogP contribution >= 0.6 is 0 Å². The highest BCUT2D eigenvalue weighted by atomic mass is 16.5. The molecule has 0 amide bonds. The van der Waals surface area contributed by atoms with Gasteiger partial charge in [0.2, 0.25) is 0 Å². The van der Waals surface area contributed by atoms with E-state index in [4.69, 9.17) is 9.15 Å². The van der Waals surface area contributed by atoms with Crippen molar-refractivity contribution < 1.29 is 24.5 Å². The highest BCUT2D eigenvalue weighted by Gasteiger charge is 2.30. The van der Waals surface area contributed by atoms with Crippen LogP contribution in [0.3, 0.4) is 0 Å². The number of allylic oxidation sites excluding steroid dienone is 2. The SMILES string of the molecule is CC(C)=CCCC1(C)C=Cc2c(cc(O)c3c(=O)cc(-c4ccc(O)cc4O)oc23)O1. The Morgan fingerprint density at radius 1 is 1.10 bits per heavy atom. The zero-order valence-electron chi connectivity index (χ0n) is 17.6. The van der Waals surface area contributed by atoms with E-state index in [9.17, 15) is 20.1 Å². The maximum Gasteiger partial charge on any atom is 0.197 e. The molecule has 3 N–H and O–H groups in total. The largest absolute Gasteiger partial charge is 0.508 e. The number of phenolic OH excluding ortho intramolecular Hbond substituents is 3. The molecule has 0 spiro atoms. The molecule has 31 heavy (non-hydrogen) atoms. The third-order valence-corrected chi connectivity index (χ3v) is 5.37. The third kappa shape index (κ3) is 3.89. The first-order chi connectivity index (χ1) is 14.7. The Kier molecular flexibility index (Phi) is 5.01. The first kappa shape index (κ1) is 20.6. The minimum absolute atomic E-state index is 0.0437. The van der Waals surface area contributed by atoms with Crippen LogP contribution in [0, 0.1) is 0 Å². The lowest BCUT2D eigenvalue weighted by Gasteiger charge is -2.31. The van der Waals surface area contributed by atoms with E-state index in [0.29, 0.717) is 11.3 Å². The van der Waals surface area contributed by atoms with Gasteiger partial charge in [-0.2, -0.15) is 0 Å². The molecule has 1 atom stereocenters. The molecule has 3 aromatic rings. The molecule has 2 heterocycles. The van der Waals surface area contributed by atoms with Gasteiger partial charge in [0.25, 0.3) is 0 Å². The van der Waals surface area contributed by atoms with Crippen molar-refractivity contribution >= 4 is 17.0 Å². The summed E-state index contributed by atoms with van der Waals surface area (Å²) in [6.07, 6.45) is 7.50. The van der Waals surface area contributed by atoms with Gasteiger partial charge in [0.1, 0.15) is 39.7 Å². The monoisotopic (exact) mass is 420 g/mol. The van der Waals surface area contributed by atoms with Gasteiger partial charge in [-0.3, -0.25) is 4.79 Å². The van der Waals surface area contributed by atoms with Crippen LogP contribution < -0.4 is 10.2 Å². The maximum atomic E-state index is 12.8. The molecule has 0 bridgehead atoms. The molecule has 0 fully saturated rings. The summed E-state index contributed by atoms with van der Waals surface area (Å²) in [6.45, 7) is 6.06. The Balaban J connectivity index is 1.84. The van der Waals surface area contributed by atoms with Crippen LogP contribution in [0.5, 0.6) is 23.0 Å². The molecule has 6 nitrogen and oxygen atoms in total. The van der Waals surface area contributed by atoms with Crippen LogP contribution in [0.15, 0.2) is 57.3 Å². The summed E-state index contributed by atoms with van der Waals surface area (Å²) >= 11 is 0. The molecule has 0 aliphatic carbocycles. The average Bonchev–Trinajstić information content (AvgIpc) is 2.66. The van der Waals surface area contributed by atoms with Crippen LogP contribution in [0.25, 0.3) is 28.4 Å². The van der Waals surface area contributed by atoms with E-state index in [1.165, 1.54) is 35.9 Å². The number of phenols is 3. The maximum absolute atomic E-state index is 12.8. The Morgan fingerprint density at radius 2 is 1.87 bits per heavy atom. The molecule has 1 aliphatic heterocycles. The van der Waals surface area contributed by atoms with Gasteiger partial charge >= 0.3 is 0 Å². The lowest BCUT2D eigenvalue weighted by Crippen LogP contribution is -2.31. The molecule has 1 aliphatic rings. The summed E-state index contributed by atoms with van der Waals surface area (Å²) in [5, 5.41) is 30.3. The number of aromatic hydroxyl groups is 3. The number of benzene rings is 2. The molecule has 160 valence electrons. The summed E-state index contributed by atoms with van der Waals surface area (Å²) in [7, 11) is 0. The first-order valence-electron chi connectivity index (χ1n) is 10.0. The van der Waals surface area contributed by atoms with Crippen molar-refractivity contribution in [2.24, 2.45) is 0 Å². The molecular weight excluding hydrogens is 396 g/mol. The van der Waals surface area contributed by atoms with Crippen molar-refractivity contribution in [2.45, 2.75) is 39.2 Å². The minimum atomic E-state index is -0.563. The van der Waals surface area contributed by atoms with Gasteiger partial charge in [0.15, 0.2) is 11.0 Å². The molecular formula is C25H24O6. The first-order valence-corrected chi connectivity index (χ1v) is 10.0. The second kappa shape index (κ2) is 7.54. The highest BCUT2D eigenvalue weighted by molar-refractivity contribution is 5.94. The molecule has 1 aromatic heterocycles. The van der Waals surface area contributed by atoms with Gasteiger partial charge in [0, 0.05) is 18.2 Å². The average molecular weight is 420 g/mol. The summed E-state index contributed by atoms with van der Waals surface area (Å²) in [4.78, 5) is 12.8. The second-order valence-electron chi connectivity index (χ2n) is 8.26. The van der Waals surface area contributed by atoms with E-state index in [1.54, 1.807) is 0 Å². The number of hydrogen-bond donors (Lipinski definition) is 3. The Morgan fingerprint density at radius 3 is 2.58 bits per heavy atom. The van der Waals surface area contributed by atoms with Gasteiger partial charge in [0.05, 0.1) is 11.1 Å². The quantitative estimate of drug-likeness (QED) is 0.483. The Hall–Kier alpha value is -3.67. The molecule has 4 rings (SSSR count). The normalized spacial score (nSPS) is 17.3. The van der Waals surface area contributed by atoms with Gasteiger partial charge < -0.3 is 24.5 Å². The lowest BCUT2D eigenvalue weighted by atomic mass is 9.93. The van der Waals surface area contributed by atoms with E-state index in [-0.39, 0.29) is 39.5 Å².